The molecule has 0 radical (unpaired) electrons. The van der Waals surface area contributed by atoms with Crippen LogP contribution in [0.3, 0.4) is 0 Å². The van der Waals surface area contributed by atoms with E-state index in [4.69, 9.17) is 20.8 Å². The first-order valence-electron chi connectivity index (χ1n) is 7.85. The number of halogens is 4. The fourth-order valence-corrected chi connectivity index (χ4v) is 2.52. The van der Waals surface area contributed by atoms with Gasteiger partial charge in [0.05, 0.1) is 29.4 Å². The zero-order valence-electron chi connectivity index (χ0n) is 14.4. The standard InChI is InChI=1S/C17H16ClF3N2O4/c1-3-26-16(25)13(15(24)23-8-11-5-4-9(2)27-11)14-12(18)6-10(7-22-14)17(19,20)21/h4-7,13H,3,8H2,1-2H3,(H,23,24). The fraction of sp³-hybridized carbons (Fsp3) is 0.353. The van der Waals surface area contributed by atoms with Crippen LogP contribution in [0.1, 0.15) is 35.6 Å². The number of pyridine rings is 1. The number of ether oxygens (including phenoxy) is 1. The van der Waals surface area contributed by atoms with Crippen LogP contribution in [0.2, 0.25) is 5.02 Å². The van der Waals surface area contributed by atoms with E-state index in [9.17, 15) is 22.8 Å². The number of hydrogen-bond acceptors (Lipinski definition) is 5. The summed E-state index contributed by atoms with van der Waals surface area (Å²) in [5.74, 6) is -2.34. The first-order valence-corrected chi connectivity index (χ1v) is 8.23. The summed E-state index contributed by atoms with van der Waals surface area (Å²) in [7, 11) is 0. The quantitative estimate of drug-likeness (QED) is 0.587. The third-order valence-corrected chi connectivity index (χ3v) is 3.79. The van der Waals surface area contributed by atoms with E-state index < -0.39 is 34.6 Å². The van der Waals surface area contributed by atoms with Crippen molar-refractivity contribution in [3.8, 4) is 0 Å². The van der Waals surface area contributed by atoms with Crippen molar-refractivity contribution < 1.29 is 31.9 Å². The van der Waals surface area contributed by atoms with Crippen molar-refractivity contribution in [3.63, 3.8) is 0 Å². The maximum Gasteiger partial charge on any atom is 0.417 e. The maximum atomic E-state index is 12.8. The number of aryl methyl sites for hydroxylation is 1. The molecule has 0 aliphatic carbocycles. The summed E-state index contributed by atoms with van der Waals surface area (Å²) in [5, 5.41) is 2.00. The molecule has 0 aliphatic heterocycles. The Morgan fingerprint density at radius 3 is 2.59 bits per heavy atom. The molecule has 1 atom stereocenters. The van der Waals surface area contributed by atoms with E-state index in [1.165, 1.54) is 6.92 Å². The molecule has 27 heavy (non-hydrogen) atoms. The zero-order valence-corrected chi connectivity index (χ0v) is 15.1. The maximum absolute atomic E-state index is 12.8. The highest BCUT2D eigenvalue weighted by Crippen LogP contribution is 2.33. The normalized spacial score (nSPS) is 12.5. The van der Waals surface area contributed by atoms with Gasteiger partial charge in [-0.3, -0.25) is 14.6 Å². The van der Waals surface area contributed by atoms with Gasteiger partial charge in [0.25, 0.3) is 0 Å². The molecule has 0 aromatic carbocycles. The number of hydrogen-bond donors (Lipinski definition) is 1. The average Bonchev–Trinajstić information content (AvgIpc) is 2.99. The number of alkyl halides is 3. The highest BCUT2D eigenvalue weighted by molar-refractivity contribution is 6.32. The van der Waals surface area contributed by atoms with Gasteiger partial charge in [-0.1, -0.05) is 11.6 Å². The van der Waals surface area contributed by atoms with Crippen LogP contribution < -0.4 is 5.32 Å². The highest BCUT2D eigenvalue weighted by atomic mass is 35.5. The van der Waals surface area contributed by atoms with Crippen molar-refractivity contribution in [1.29, 1.82) is 0 Å². The average molecular weight is 405 g/mol. The van der Waals surface area contributed by atoms with Crippen LogP contribution in [0.5, 0.6) is 0 Å². The zero-order chi connectivity index (χ0) is 20.2. The molecule has 2 heterocycles. The van der Waals surface area contributed by atoms with Crippen molar-refractivity contribution in [1.82, 2.24) is 10.3 Å². The van der Waals surface area contributed by atoms with E-state index in [1.807, 2.05) is 0 Å². The molecule has 0 aliphatic rings. The number of esters is 1. The predicted octanol–water partition coefficient (Wildman–Crippen LogP) is 3.62. The second-order valence-corrected chi connectivity index (χ2v) is 5.91. The number of furan rings is 1. The second-order valence-electron chi connectivity index (χ2n) is 5.50. The van der Waals surface area contributed by atoms with Crippen molar-refractivity contribution in [2.45, 2.75) is 32.5 Å². The Hall–Kier alpha value is -2.55. The minimum atomic E-state index is -4.66. The monoisotopic (exact) mass is 404 g/mol. The fourth-order valence-electron chi connectivity index (χ4n) is 2.24. The first-order chi connectivity index (χ1) is 12.6. The summed E-state index contributed by atoms with van der Waals surface area (Å²) in [6, 6.07) is 3.94. The summed E-state index contributed by atoms with van der Waals surface area (Å²) in [5.41, 5.74) is -1.42. The van der Waals surface area contributed by atoms with E-state index in [1.54, 1.807) is 19.1 Å². The van der Waals surface area contributed by atoms with Crippen molar-refractivity contribution >= 4 is 23.5 Å². The molecule has 0 saturated heterocycles. The third-order valence-electron chi connectivity index (χ3n) is 3.49. The van der Waals surface area contributed by atoms with E-state index in [2.05, 4.69) is 10.3 Å². The number of nitrogens with zero attached hydrogens (tertiary/aromatic N) is 1. The van der Waals surface area contributed by atoms with Gasteiger partial charge in [0, 0.05) is 6.20 Å². The first kappa shape index (κ1) is 20.8. The van der Waals surface area contributed by atoms with Crippen LogP contribution in [0.15, 0.2) is 28.8 Å². The molecule has 10 heteroatoms. The molecular formula is C17H16ClF3N2O4. The largest absolute Gasteiger partial charge is 0.465 e. The molecule has 0 spiro atoms. The van der Waals surface area contributed by atoms with Crippen LogP contribution in [0.25, 0.3) is 0 Å². The van der Waals surface area contributed by atoms with Gasteiger partial charge in [-0.15, -0.1) is 0 Å². The Labute approximate surface area is 157 Å². The van der Waals surface area contributed by atoms with E-state index in [0.717, 1.165) is 0 Å². The molecule has 6 nitrogen and oxygen atoms in total. The molecule has 0 fully saturated rings. The number of aromatic nitrogens is 1. The number of rotatable bonds is 6. The molecule has 2 aromatic rings. The highest BCUT2D eigenvalue weighted by Gasteiger charge is 2.36. The Kier molecular flexibility index (Phi) is 6.48. The third kappa shape index (κ3) is 5.22. The van der Waals surface area contributed by atoms with Crippen LogP contribution in [0, 0.1) is 6.92 Å². The Bertz CT molecular complexity index is 836. The van der Waals surface area contributed by atoms with Gasteiger partial charge < -0.3 is 14.5 Å². The summed E-state index contributed by atoms with van der Waals surface area (Å²) >= 11 is 5.87. The molecule has 0 bridgehead atoms. The van der Waals surface area contributed by atoms with Gasteiger partial charge in [-0.05, 0) is 32.0 Å². The molecule has 2 rings (SSSR count). The van der Waals surface area contributed by atoms with Crippen LogP contribution >= 0.6 is 11.6 Å². The molecule has 1 N–H and O–H groups in total. The Morgan fingerprint density at radius 1 is 1.37 bits per heavy atom. The second kappa shape index (κ2) is 8.43. The molecular weight excluding hydrogens is 389 g/mol. The van der Waals surface area contributed by atoms with E-state index in [-0.39, 0.29) is 18.8 Å². The van der Waals surface area contributed by atoms with Gasteiger partial charge in [0.2, 0.25) is 5.91 Å². The minimum Gasteiger partial charge on any atom is -0.465 e. The van der Waals surface area contributed by atoms with Crippen LogP contribution in [-0.4, -0.2) is 23.5 Å². The van der Waals surface area contributed by atoms with Crippen LogP contribution in [-0.2, 0) is 27.0 Å². The lowest BCUT2D eigenvalue weighted by atomic mass is 10.0. The smallest absolute Gasteiger partial charge is 0.417 e. The molecule has 146 valence electrons. The number of carbonyl (C=O) groups is 2. The number of amides is 1. The summed E-state index contributed by atoms with van der Waals surface area (Å²) in [6.07, 6.45) is -4.15. The number of carbonyl (C=O) groups excluding carboxylic acids is 2. The lowest BCUT2D eigenvalue weighted by molar-refractivity contribution is -0.148. The van der Waals surface area contributed by atoms with Crippen molar-refractivity contribution in [2.24, 2.45) is 0 Å². The van der Waals surface area contributed by atoms with Gasteiger partial charge >= 0.3 is 12.1 Å². The number of nitrogens with one attached hydrogen (secondary N) is 1. The summed E-state index contributed by atoms with van der Waals surface area (Å²) in [4.78, 5) is 28.3. The van der Waals surface area contributed by atoms with Gasteiger partial charge in [0.15, 0.2) is 5.92 Å². The molecule has 1 unspecified atom stereocenters. The summed E-state index contributed by atoms with van der Waals surface area (Å²) < 4.78 is 48.5. The van der Waals surface area contributed by atoms with Gasteiger partial charge in [0.1, 0.15) is 11.5 Å². The molecule has 0 saturated carbocycles. The Balaban J connectivity index is 2.28. The lowest BCUT2D eigenvalue weighted by Crippen LogP contribution is -2.35. The van der Waals surface area contributed by atoms with E-state index in [0.29, 0.717) is 23.8 Å². The molecule has 1 amide bonds. The van der Waals surface area contributed by atoms with Crippen molar-refractivity contribution in [2.75, 3.05) is 6.61 Å². The van der Waals surface area contributed by atoms with Crippen molar-refractivity contribution in [3.05, 3.63) is 52.2 Å². The molecule has 2 aromatic heterocycles. The minimum absolute atomic E-state index is 0.0270. The Morgan fingerprint density at radius 2 is 2.07 bits per heavy atom. The SMILES string of the molecule is CCOC(=O)C(C(=O)NCc1ccc(C)o1)c1ncc(C(F)(F)F)cc1Cl. The van der Waals surface area contributed by atoms with Gasteiger partial charge in [-0.2, -0.15) is 13.2 Å². The summed E-state index contributed by atoms with van der Waals surface area (Å²) in [6.45, 7) is 3.19. The predicted molar refractivity (Wildman–Crippen MR) is 88.9 cm³/mol. The lowest BCUT2D eigenvalue weighted by Gasteiger charge is -2.17. The topological polar surface area (TPSA) is 81.4 Å². The van der Waals surface area contributed by atoms with E-state index >= 15 is 0 Å². The van der Waals surface area contributed by atoms with Gasteiger partial charge in [-0.25, -0.2) is 0 Å². The van der Waals surface area contributed by atoms with Crippen LogP contribution in [0.4, 0.5) is 13.2 Å².